The van der Waals surface area contributed by atoms with Crippen LogP contribution in [0.15, 0.2) is 48.5 Å². The predicted molar refractivity (Wildman–Crippen MR) is 105 cm³/mol. The van der Waals surface area contributed by atoms with Crippen molar-refractivity contribution in [2.45, 2.75) is 58.3 Å². The Morgan fingerprint density at radius 2 is 1.48 bits per heavy atom. The molecule has 0 spiro atoms. The molecule has 1 unspecified atom stereocenters. The van der Waals surface area contributed by atoms with Crippen LogP contribution in [-0.4, -0.2) is 0 Å². The summed E-state index contributed by atoms with van der Waals surface area (Å²) >= 11 is 0. The van der Waals surface area contributed by atoms with Crippen molar-refractivity contribution in [3.05, 3.63) is 59.7 Å². The molecular formula is C24H29N. The molecule has 0 bridgehead atoms. The molecular weight excluding hydrogens is 302 g/mol. The van der Waals surface area contributed by atoms with E-state index in [-0.39, 0.29) is 0 Å². The zero-order chi connectivity index (χ0) is 17.6. The first-order valence-electron chi connectivity index (χ1n) is 9.81. The predicted octanol–water partition coefficient (Wildman–Crippen LogP) is 6.94. The maximum absolute atomic E-state index is 8.91. The summed E-state index contributed by atoms with van der Waals surface area (Å²) in [5.74, 6) is 2.57. The Morgan fingerprint density at radius 1 is 0.920 bits per heavy atom. The van der Waals surface area contributed by atoms with Crippen molar-refractivity contribution < 1.29 is 0 Å². The Labute approximate surface area is 152 Å². The summed E-state index contributed by atoms with van der Waals surface area (Å²) in [4.78, 5) is 0. The molecule has 3 rings (SSSR count). The van der Waals surface area contributed by atoms with Gasteiger partial charge in [0, 0.05) is 0 Å². The normalized spacial score (nSPS) is 21.5. The van der Waals surface area contributed by atoms with Crippen LogP contribution in [0.4, 0.5) is 0 Å². The van der Waals surface area contributed by atoms with Gasteiger partial charge in [-0.15, -0.1) is 0 Å². The molecule has 1 nitrogen and oxygen atoms in total. The lowest BCUT2D eigenvalue weighted by Gasteiger charge is -2.32. The highest BCUT2D eigenvalue weighted by molar-refractivity contribution is 5.64. The van der Waals surface area contributed by atoms with Crippen molar-refractivity contribution in [3.8, 4) is 17.2 Å². The van der Waals surface area contributed by atoms with Gasteiger partial charge in [0.1, 0.15) is 0 Å². The van der Waals surface area contributed by atoms with Crippen molar-refractivity contribution in [1.29, 1.82) is 5.26 Å². The van der Waals surface area contributed by atoms with Gasteiger partial charge in [-0.2, -0.15) is 5.26 Å². The molecule has 2 aromatic carbocycles. The molecule has 0 aliphatic heterocycles. The van der Waals surface area contributed by atoms with Crippen molar-refractivity contribution in [3.63, 3.8) is 0 Å². The maximum Gasteiger partial charge on any atom is 0.0991 e. The molecule has 1 fully saturated rings. The third kappa shape index (κ3) is 4.31. The molecule has 1 heteroatoms. The summed E-state index contributed by atoms with van der Waals surface area (Å²) in [6.07, 6.45) is 8.17. The van der Waals surface area contributed by atoms with E-state index in [4.69, 9.17) is 5.26 Å². The summed E-state index contributed by atoms with van der Waals surface area (Å²) in [6.45, 7) is 4.75. The monoisotopic (exact) mass is 331 g/mol. The van der Waals surface area contributed by atoms with Crippen molar-refractivity contribution in [1.82, 2.24) is 0 Å². The number of hydrogen-bond acceptors (Lipinski definition) is 1. The number of hydrogen-bond donors (Lipinski definition) is 0. The van der Waals surface area contributed by atoms with Gasteiger partial charge >= 0.3 is 0 Å². The Hall–Kier alpha value is -2.07. The van der Waals surface area contributed by atoms with Crippen LogP contribution in [0.25, 0.3) is 11.1 Å². The average molecular weight is 332 g/mol. The third-order valence-electron chi connectivity index (χ3n) is 6.05. The van der Waals surface area contributed by atoms with Crippen LogP contribution in [0, 0.1) is 23.2 Å². The van der Waals surface area contributed by atoms with E-state index in [1.807, 2.05) is 24.3 Å². The van der Waals surface area contributed by atoms with Crippen molar-refractivity contribution >= 4 is 0 Å². The highest BCUT2D eigenvalue weighted by Crippen LogP contribution is 2.40. The molecule has 130 valence electrons. The van der Waals surface area contributed by atoms with E-state index in [2.05, 4.69) is 44.2 Å². The van der Waals surface area contributed by atoms with Crippen LogP contribution in [0.1, 0.15) is 69.4 Å². The fraction of sp³-hybridized carbons (Fsp3) is 0.458. The number of rotatable bonds is 5. The van der Waals surface area contributed by atoms with E-state index < -0.39 is 0 Å². The minimum absolute atomic E-state index is 0.717. The molecule has 1 aliphatic rings. The molecule has 2 aromatic rings. The van der Waals surface area contributed by atoms with E-state index in [1.165, 1.54) is 55.2 Å². The fourth-order valence-electron chi connectivity index (χ4n) is 4.40. The van der Waals surface area contributed by atoms with E-state index in [1.54, 1.807) is 0 Å². The second kappa shape index (κ2) is 8.34. The lowest BCUT2D eigenvalue weighted by molar-refractivity contribution is 0.235. The van der Waals surface area contributed by atoms with Crippen molar-refractivity contribution in [2.24, 2.45) is 11.8 Å². The molecule has 0 saturated heterocycles. The molecule has 0 N–H and O–H groups in total. The van der Waals surface area contributed by atoms with Gasteiger partial charge in [-0.05, 0) is 72.3 Å². The summed E-state index contributed by atoms with van der Waals surface area (Å²) in [5, 5.41) is 8.91. The lowest BCUT2D eigenvalue weighted by Crippen LogP contribution is -2.19. The van der Waals surface area contributed by atoms with Crippen LogP contribution in [-0.2, 0) is 0 Å². The molecule has 1 atom stereocenters. The molecule has 0 heterocycles. The summed E-state index contributed by atoms with van der Waals surface area (Å²) < 4.78 is 0. The van der Waals surface area contributed by atoms with Gasteiger partial charge in [0.25, 0.3) is 0 Å². The minimum Gasteiger partial charge on any atom is -0.192 e. The largest absolute Gasteiger partial charge is 0.192 e. The second-order valence-corrected chi connectivity index (χ2v) is 7.69. The van der Waals surface area contributed by atoms with Crippen LogP contribution in [0.3, 0.4) is 0 Å². The molecule has 1 saturated carbocycles. The molecule has 1 aliphatic carbocycles. The average Bonchev–Trinajstić information content (AvgIpc) is 2.68. The summed E-state index contributed by atoms with van der Waals surface area (Å²) in [5.41, 5.74) is 4.63. The number of benzene rings is 2. The lowest BCUT2D eigenvalue weighted by atomic mass is 9.73. The van der Waals surface area contributed by atoms with E-state index in [9.17, 15) is 0 Å². The van der Waals surface area contributed by atoms with Gasteiger partial charge < -0.3 is 0 Å². The quantitative estimate of drug-likeness (QED) is 0.582. The first kappa shape index (κ1) is 17.7. The molecule has 0 aromatic heterocycles. The van der Waals surface area contributed by atoms with Gasteiger partial charge in [-0.1, -0.05) is 63.1 Å². The SMILES string of the molecule is CCCC(C)[C@H]1CC[C@H](c2ccc(-c3ccc(C#N)cc3)cc2)CC1. The summed E-state index contributed by atoms with van der Waals surface area (Å²) in [6, 6.07) is 19.1. The van der Waals surface area contributed by atoms with Gasteiger partial charge in [-0.25, -0.2) is 0 Å². The molecule has 0 radical (unpaired) electrons. The minimum atomic E-state index is 0.717. The maximum atomic E-state index is 8.91. The van der Waals surface area contributed by atoms with E-state index in [0.29, 0.717) is 0 Å². The van der Waals surface area contributed by atoms with Crippen LogP contribution in [0.5, 0.6) is 0 Å². The van der Waals surface area contributed by atoms with Gasteiger partial charge in [-0.3, -0.25) is 0 Å². The number of nitriles is 1. The Bertz CT molecular complexity index is 697. The highest BCUT2D eigenvalue weighted by Gasteiger charge is 2.25. The highest BCUT2D eigenvalue weighted by atomic mass is 14.3. The standard InChI is InChI=1S/C24H29N/c1-3-4-18(2)20-9-11-22(12-10-20)24-15-13-23(14-16-24)21-7-5-19(17-25)6-8-21/h5-8,13-16,18,20,22H,3-4,9-12H2,1-2H3/t18?,20-,22-. The molecule has 0 amide bonds. The smallest absolute Gasteiger partial charge is 0.0991 e. The third-order valence-corrected chi connectivity index (χ3v) is 6.05. The summed E-state index contributed by atoms with van der Waals surface area (Å²) in [7, 11) is 0. The Balaban J connectivity index is 1.62. The Kier molecular flexibility index (Phi) is 5.92. The number of nitrogens with zero attached hydrogens (tertiary/aromatic N) is 1. The van der Waals surface area contributed by atoms with Gasteiger partial charge in [0.05, 0.1) is 11.6 Å². The topological polar surface area (TPSA) is 23.8 Å². The fourth-order valence-corrected chi connectivity index (χ4v) is 4.40. The zero-order valence-corrected chi connectivity index (χ0v) is 15.5. The first-order valence-corrected chi connectivity index (χ1v) is 9.81. The van der Waals surface area contributed by atoms with E-state index >= 15 is 0 Å². The first-order chi connectivity index (χ1) is 12.2. The van der Waals surface area contributed by atoms with E-state index in [0.717, 1.165) is 23.3 Å². The Morgan fingerprint density at radius 3 is 2.00 bits per heavy atom. The molecule has 25 heavy (non-hydrogen) atoms. The van der Waals surface area contributed by atoms with Crippen LogP contribution in [0.2, 0.25) is 0 Å². The van der Waals surface area contributed by atoms with Gasteiger partial charge in [0.15, 0.2) is 0 Å². The van der Waals surface area contributed by atoms with Gasteiger partial charge in [0.2, 0.25) is 0 Å². The van der Waals surface area contributed by atoms with Crippen LogP contribution < -0.4 is 0 Å². The van der Waals surface area contributed by atoms with Crippen molar-refractivity contribution in [2.75, 3.05) is 0 Å². The second-order valence-electron chi connectivity index (χ2n) is 7.69. The van der Waals surface area contributed by atoms with Crippen LogP contribution >= 0.6 is 0 Å². The zero-order valence-electron chi connectivity index (χ0n) is 15.5.